The Kier molecular flexibility index (Phi) is 3.24. The van der Waals surface area contributed by atoms with E-state index in [9.17, 15) is 5.11 Å². The van der Waals surface area contributed by atoms with Crippen molar-refractivity contribution in [2.75, 3.05) is 0 Å². The van der Waals surface area contributed by atoms with E-state index in [1.807, 2.05) is 6.07 Å². The maximum absolute atomic E-state index is 9.73. The van der Waals surface area contributed by atoms with Crippen LogP contribution in [0.4, 0.5) is 0 Å². The molecule has 2 atom stereocenters. The van der Waals surface area contributed by atoms with Crippen molar-refractivity contribution >= 4 is 15.9 Å². The van der Waals surface area contributed by atoms with Gasteiger partial charge in [0.25, 0.3) is 0 Å². The van der Waals surface area contributed by atoms with E-state index >= 15 is 0 Å². The first-order chi connectivity index (χ1) is 6.77. The highest BCUT2D eigenvalue weighted by molar-refractivity contribution is 9.10. The first-order valence-electron chi connectivity index (χ1n) is 5.19. The summed E-state index contributed by atoms with van der Waals surface area (Å²) in [5.74, 6) is 0.466. The molecule has 1 aliphatic rings. The van der Waals surface area contributed by atoms with Crippen LogP contribution in [0.25, 0.3) is 0 Å². The summed E-state index contributed by atoms with van der Waals surface area (Å²) in [6, 6.07) is 8.28. The summed E-state index contributed by atoms with van der Waals surface area (Å²) in [6.07, 6.45) is 4.25. The van der Waals surface area contributed by atoms with Crippen molar-refractivity contribution in [3.63, 3.8) is 0 Å². The summed E-state index contributed by atoms with van der Waals surface area (Å²) in [5, 5.41) is 9.73. The normalized spacial score (nSPS) is 26.7. The van der Waals surface area contributed by atoms with Crippen LogP contribution in [0.15, 0.2) is 28.7 Å². The maximum atomic E-state index is 9.73. The van der Waals surface area contributed by atoms with Crippen LogP contribution in [0.5, 0.6) is 0 Å². The van der Waals surface area contributed by atoms with Crippen molar-refractivity contribution in [3.8, 4) is 0 Å². The molecule has 1 aromatic rings. The molecule has 0 radical (unpaired) electrons. The third-order valence-electron chi connectivity index (χ3n) is 3.06. The number of hydrogen-bond donors (Lipinski definition) is 1. The van der Waals surface area contributed by atoms with Crippen LogP contribution in [0, 0.1) is 5.92 Å². The molecule has 1 N–H and O–H groups in total. The number of rotatable bonds is 2. The van der Waals surface area contributed by atoms with Crippen molar-refractivity contribution in [1.82, 2.24) is 0 Å². The summed E-state index contributed by atoms with van der Waals surface area (Å²) in [6.45, 7) is 0. The highest BCUT2D eigenvalue weighted by atomic mass is 79.9. The fourth-order valence-electron chi connectivity index (χ4n) is 2.20. The van der Waals surface area contributed by atoms with Crippen molar-refractivity contribution in [3.05, 3.63) is 34.3 Å². The molecule has 0 bridgehead atoms. The smallest absolute Gasteiger partial charge is 0.0571 e. The first kappa shape index (κ1) is 10.2. The molecular weight excluding hydrogens is 240 g/mol. The standard InChI is InChI=1S/C12H15BrO/c13-11-6-2-1-4-9(11)8-10-5-3-7-12(10)14/h1-2,4,6,10,12,14H,3,5,7-8H2. The fourth-order valence-corrected chi connectivity index (χ4v) is 2.65. The Morgan fingerprint density at radius 3 is 2.71 bits per heavy atom. The minimum Gasteiger partial charge on any atom is -0.393 e. The van der Waals surface area contributed by atoms with Crippen molar-refractivity contribution in [1.29, 1.82) is 0 Å². The molecule has 1 nitrogen and oxygen atoms in total. The van der Waals surface area contributed by atoms with Crippen LogP contribution < -0.4 is 0 Å². The predicted octanol–water partition coefficient (Wildman–Crippen LogP) is 3.15. The Balaban J connectivity index is 2.07. The van der Waals surface area contributed by atoms with Gasteiger partial charge in [-0.3, -0.25) is 0 Å². The lowest BCUT2D eigenvalue weighted by atomic mass is 9.96. The zero-order valence-corrected chi connectivity index (χ0v) is 9.70. The summed E-state index contributed by atoms with van der Waals surface area (Å²) in [4.78, 5) is 0. The van der Waals surface area contributed by atoms with Crippen LogP contribution in [0.1, 0.15) is 24.8 Å². The molecule has 0 aliphatic heterocycles. The largest absolute Gasteiger partial charge is 0.393 e. The van der Waals surface area contributed by atoms with Crippen LogP contribution in [0.2, 0.25) is 0 Å². The van der Waals surface area contributed by atoms with Gasteiger partial charge in [-0.05, 0) is 36.8 Å². The van der Waals surface area contributed by atoms with E-state index in [0.717, 1.165) is 12.8 Å². The summed E-state index contributed by atoms with van der Waals surface area (Å²) >= 11 is 3.54. The van der Waals surface area contributed by atoms with E-state index in [0.29, 0.717) is 5.92 Å². The van der Waals surface area contributed by atoms with Gasteiger partial charge in [-0.15, -0.1) is 0 Å². The summed E-state index contributed by atoms with van der Waals surface area (Å²) < 4.78 is 1.17. The summed E-state index contributed by atoms with van der Waals surface area (Å²) in [7, 11) is 0. The molecule has 76 valence electrons. The van der Waals surface area contributed by atoms with Crippen LogP contribution in [-0.2, 0) is 6.42 Å². The third-order valence-corrected chi connectivity index (χ3v) is 3.83. The van der Waals surface area contributed by atoms with Gasteiger partial charge < -0.3 is 5.11 Å². The molecule has 1 saturated carbocycles. The second-order valence-electron chi connectivity index (χ2n) is 4.05. The Morgan fingerprint density at radius 2 is 2.07 bits per heavy atom. The lowest BCUT2D eigenvalue weighted by molar-refractivity contribution is 0.132. The van der Waals surface area contributed by atoms with Gasteiger partial charge in [-0.2, -0.15) is 0 Å². The van der Waals surface area contributed by atoms with Gasteiger partial charge in [0.1, 0.15) is 0 Å². The molecule has 2 unspecified atom stereocenters. The van der Waals surface area contributed by atoms with Gasteiger partial charge in [-0.25, -0.2) is 0 Å². The van der Waals surface area contributed by atoms with Gasteiger partial charge in [-0.1, -0.05) is 40.5 Å². The van der Waals surface area contributed by atoms with Gasteiger partial charge in [0, 0.05) is 4.47 Å². The Hall–Kier alpha value is -0.340. The van der Waals surface area contributed by atoms with E-state index in [1.165, 1.54) is 22.9 Å². The topological polar surface area (TPSA) is 20.2 Å². The number of halogens is 1. The number of hydrogen-bond acceptors (Lipinski definition) is 1. The molecule has 0 aromatic heterocycles. The highest BCUT2D eigenvalue weighted by Gasteiger charge is 2.25. The van der Waals surface area contributed by atoms with Gasteiger partial charge in [0.2, 0.25) is 0 Å². The molecule has 0 saturated heterocycles. The number of aliphatic hydroxyl groups is 1. The highest BCUT2D eigenvalue weighted by Crippen LogP contribution is 2.30. The molecule has 1 fully saturated rings. The van der Waals surface area contributed by atoms with Gasteiger partial charge in [0.05, 0.1) is 6.10 Å². The zero-order valence-electron chi connectivity index (χ0n) is 8.12. The van der Waals surface area contributed by atoms with Crippen LogP contribution in [0.3, 0.4) is 0 Å². The second kappa shape index (κ2) is 4.45. The third kappa shape index (κ3) is 2.18. The average Bonchev–Trinajstić information content (AvgIpc) is 2.56. The van der Waals surface area contributed by atoms with Crippen molar-refractivity contribution in [2.24, 2.45) is 5.92 Å². The minimum atomic E-state index is -0.0814. The molecular formula is C12H15BrO. The first-order valence-corrected chi connectivity index (χ1v) is 5.98. The quantitative estimate of drug-likeness (QED) is 0.860. The number of benzene rings is 1. The molecule has 1 aromatic carbocycles. The second-order valence-corrected chi connectivity index (χ2v) is 4.91. The van der Waals surface area contributed by atoms with Crippen LogP contribution in [-0.4, -0.2) is 11.2 Å². The minimum absolute atomic E-state index is 0.0814. The molecule has 2 heteroatoms. The van der Waals surface area contributed by atoms with E-state index in [-0.39, 0.29) is 6.10 Å². The zero-order chi connectivity index (χ0) is 9.97. The van der Waals surface area contributed by atoms with Gasteiger partial charge in [0.15, 0.2) is 0 Å². The molecule has 1 aliphatic carbocycles. The molecule has 2 rings (SSSR count). The van der Waals surface area contributed by atoms with Crippen molar-refractivity contribution < 1.29 is 5.11 Å². The molecule has 0 amide bonds. The lowest BCUT2D eigenvalue weighted by Crippen LogP contribution is -2.15. The van der Waals surface area contributed by atoms with E-state index in [1.54, 1.807) is 0 Å². The monoisotopic (exact) mass is 254 g/mol. The molecule has 0 heterocycles. The maximum Gasteiger partial charge on any atom is 0.0571 e. The Bertz CT molecular complexity index is 311. The molecule has 0 spiro atoms. The van der Waals surface area contributed by atoms with Crippen molar-refractivity contribution in [2.45, 2.75) is 31.8 Å². The Labute approximate surface area is 93.3 Å². The van der Waals surface area contributed by atoms with Gasteiger partial charge >= 0.3 is 0 Å². The SMILES string of the molecule is OC1CCCC1Cc1ccccc1Br. The Morgan fingerprint density at radius 1 is 1.29 bits per heavy atom. The summed E-state index contributed by atoms with van der Waals surface area (Å²) in [5.41, 5.74) is 1.32. The van der Waals surface area contributed by atoms with E-state index in [2.05, 4.69) is 34.1 Å². The van der Waals surface area contributed by atoms with E-state index in [4.69, 9.17) is 0 Å². The van der Waals surface area contributed by atoms with E-state index < -0.39 is 0 Å². The lowest BCUT2D eigenvalue weighted by Gasteiger charge is -2.14. The average molecular weight is 255 g/mol. The van der Waals surface area contributed by atoms with Crippen LogP contribution >= 0.6 is 15.9 Å². The molecule has 14 heavy (non-hydrogen) atoms. The fraction of sp³-hybridized carbons (Fsp3) is 0.500. The predicted molar refractivity (Wildman–Crippen MR) is 61.2 cm³/mol. The number of aliphatic hydroxyl groups excluding tert-OH is 1.